The Labute approximate surface area is 127 Å². The van der Waals surface area contributed by atoms with E-state index < -0.39 is 0 Å². The molecular formula is C16H25ClN2O. The molecule has 0 aromatic heterocycles. The lowest BCUT2D eigenvalue weighted by Gasteiger charge is -2.24. The fourth-order valence-corrected chi connectivity index (χ4v) is 2.38. The minimum absolute atomic E-state index is 0.0152. The minimum atomic E-state index is -0.0152. The zero-order valence-corrected chi connectivity index (χ0v) is 13.6. The number of nitrogens with zero attached hydrogens (tertiary/aromatic N) is 1. The number of alkyl halides is 1. The average molecular weight is 297 g/mol. The molecule has 1 atom stereocenters. The van der Waals surface area contributed by atoms with Crippen molar-refractivity contribution in [1.29, 1.82) is 0 Å². The van der Waals surface area contributed by atoms with Gasteiger partial charge in [-0.2, -0.15) is 0 Å². The van der Waals surface area contributed by atoms with Gasteiger partial charge in [-0.25, -0.2) is 0 Å². The van der Waals surface area contributed by atoms with E-state index in [1.807, 2.05) is 38.4 Å². The first-order valence-corrected chi connectivity index (χ1v) is 7.56. The molecule has 4 heteroatoms. The Hall–Kier alpha value is -1.06. The molecule has 112 valence electrons. The molecule has 1 unspecified atom stereocenters. The standard InChI is InChI=1S/C16H25ClN2O/c1-12(2)9-15(11-19(3)4)18-16(20)14-7-5-13(10-17)6-8-14/h5-8,12,15H,9-11H2,1-4H3,(H,18,20). The Balaban J connectivity index is 2.68. The van der Waals surface area contributed by atoms with Crippen LogP contribution in [0.5, 0.6) is 0 Å². The molecule has 0 fully saturated rings. The van der Waals surface area contributed by atoms with Gasteiger partial charge in [0.1, 0.15) is 0 Å². The van der Waals surface area contributed by atoms with Crippen molar-refractivity contribution in [2.45, 2.75) is 32.2 Å². The van der Waals surface area contributed by atoms with Crippen molar-refractivity contribution in [3.05, 3.63) is 35.4 Å². The lowest BCUT2D eigenvalue weighted by molar-refractivity contribution is 0.0924. The topological polar surface area (TPSA) is 32.3 Å². The smallest absolute Gasteiger partial charge is 0.251 e. The van der Waals surface area contributed by atoms with Crippen molar-refractivity contribution < 1.29 is 4.79 Å². The van der Waals surface area contributed by atoms with Crippen LogP contribution >= 0.6 is 11.6 Å². The maximum Gasteiger partial charge on any atom is 0.251 e. The summed E-state index contributed by atoms with van der Waals surface area (Å²) in [6.45, 7) is 5.19. The number of amides is 1. The van der Waals surface area contributed by atoms with E-state index in [2.05, 4.69) is 24.1 Å². The molecule has 0 bridgehead atoms. The van der Waals surface area contributed by atoms with Crippen molar-refractivity contribution in [2.24, 2.45) is 5.92 Å². The summed E-state index contributed by atoms with van der Waals surface area (Å²) in [5.41, 5.74) is 1.71. The number of likely N-dealkylation sites (N-methyl/N-ethyl adjacent to an activating group) is 1. The fraction of sp³-hybridized carbons (Fsp3) is 0.562. The van der Waals surface area contributed by atoms with E-state index in [9.17, 15) is 4.79 Å². The summed E-state index contributed by atoms with van der Waals surface area (Å²) in [4.78, 5) is 14.4. The van der Waals surface area contributed by atoms with E-state index in [0.717, 1.165) is 18.5 Å². The lowest BCUT2D eigenvalue weighted by atomic mass is 10.0. The maximum absolute atomic E-state index is 12.3. The van der Waals surface area contributed by atoms with Crippen molar-refractivity contribution in [1.82, 2.24) is 10.2 Å². The Bertz CT molecular complexity index is 405. The van der Waals surface area contributed by atoms with Gasteiger partial charge in [0, 0.05) is 24.0 Å². The Morgan fingerprint density at radius 1 is 1.25 bits per heavy atom. The summed E-state index contributed by atoms with van der Waals surface area (Å²) < 4.78 is 0. The molecule has 0 saturated carbocycles. The van der Waals surface area contributed by atoms with Gasteiger partial charge in [0.15, 0.2) is 0 Å². The highest BCUT2D eigenvalue weighted by Crippen LogP contribution is 2.09. The van der Waals surface area contributed by atoms with E-state index in [4.69, 9.17) is 11.6 Å². The molecule has 1 aromatic rings. The molecule has 0 aliphatic rings. The van der Waals surface area contributed by atoms with Crippen LogP contribution in [0.25, 0.3) is 0 Å². The van der Waals surface area contributed by atoms with Gasteiger partial charge in [-0.05, 0) is 44.1 Å². The monoisotopic (exact) mass is 296 g/mol. The van der Waals surface area contributed by atoms with E-state index in [-0.39, 0.29) is 11.9 Å². The maximum atomic E-state index is 12.3. The number of rotatable bonds is 7. The first-order chi connectivity index (χ1) is 9.42. The van der Waals surface area contributed by atoms with E-state index >= 15 is 0 Å². The third kappa shape index (κ3) is 5.93. The van der Waals surface area contributed by atoms with Gasteiger partial charge in [0.25, 0.3) is 5.91 Å². The molecule has 1 N–H and O–H groups in total. The van der Waals surface area contributed by atoms with Crippen LogP contribution in [0.1, 0.15) is 36.2 Å². The zero-order valence-electron chi connectivity index (χ0n) is 12.8. The highest BCUT2D eigenvalue weighted by Gasteiger charge is 2.16. The number of hydrogen-bond acceptors (Lipinski definition) is 2. The molecule has 0 radical (unpaired) electrons. The number of carbonyl (C=O) groups is 1. The van der Waals surface area contributed by atoms with Gasteiger partial charge in [-0.1, -0.05) is 26.0 Å². The molecule has 1 rings (SSSR count). The van der Waals surface area contributed by atoms with E-state index in [1.54, 1.807) is 0 Å². The van der Waals surface area contributed by atoms with Crippen molar-refractivity contribution in [2.75, 3.05) is 20.6 Å². The average Bonchev–Trinajstić information content (AvgIpc) is 2.37. The third-order valence-corrected chi connectivity index (χ3v) is 3.36. The fourth-order valence-electron chi connectivity index (χ4n) is 2.20. The van der Waals surface area contributed by atoms with Gasteiger partial charge in [-0.15, -0.1) is 11.6 Å². The number of carbonyl (C=O) groups excluding carboxylic acids is 1. The van der Waals surface area contributed by atoms with Crippen LogP contribution in [0.4, 0.5) is 0 Å². The number of halogens is 1. The molecule has 1 aromatic carbocycles. The van der Waals surface area contributed by atoms with Crippen LogP contribution in [0.2, 0.25) is 0 Å². The molecule has 1 amide bonds. The summed E-state index contributed by atoms with van der Waals surface area (Å²) in [6.07, 6.45) is 0.976. The molecule has 0 saturated heterocycles. The summed E-state index contributed by atoms with van der Waals surface area (Å²) in [5.74, 6) is 1.01. The Morgan fingerprint density at radius 3 is 2.30 bits per heavy atom. The van der Waals surface area contributed by atoms with Gasteiger partial charge in [0.05, 0.1) is 0 Å². The molecule has 3 nitrogen and oxygen atoms in total. The van der Waals surface area contributed by atoms with Gasteiger partial charge in [-0.3, -0.25) is 4.79 Å². The van der Waals surface area contributed by atoms with Crippen LogP contribution in [-0.4, -0.2) is 37.5 Å². The lowest BCUT2D eigenvalue weighted by Crippen LogP contribution is -2.42. The molecular weight excluding hydrogens is 272 g/mol. The SMILES string of the molecule is CC(C)CC(CN(C)C)NC(=O)c1ccc(CCl)cc1. The summed E-state index contributed by atoms with van der Waals surface area (Å²) >= 11 is 5.75. The highest BCUT2D eigenvalue weighted by molar-refractivity contribution is 6.17. The van der Waals surface area contributed by atoms with Crippen molar-refractivity contribution in [3.8, 4) is 0 Å². The molecule has 0 spiro atoms. The van der Waals surface area contributed by atoms with Crippen LogP contribution < -0.4 is 5.32 Å². The molecule has 0 aliphatic heterocycles. The first kappa shape index (κ1) is 17.0. The zero-order chi connectivity index (χ0) is 15.1. The van der Waals surface area contributed by atoms with Crippen LogP contribution in [0.15, 0.2) is 24.3 Å². The van der Waals surface area contributed by atoms with E-state index in [1.165, 1.54) is 0 Å². The molecule has 20 heavy (non-hydrogen) atoms. The molecule has 0 heterocycles. The predicted molar refractivity (Wildman–Crippen MR) is 85.3 cm³/mol. The normalized spacial score (nSPS) is 12.8. The van der Waals surface area contributed by atoms with Crippen LogP contribution in [-0.2, 0) is 5.88 Å². The molecule has 0 aliphatic carbocycles. The summed E-state index contributed by atoms with van der Waals surface area (Å²) in [5, 5.41) is 3.12. The van der Waals surface area contributed by atoms with Gasteiger partial charge < -0.3 is 10.2 Å². The summed E-state index contributed by atoms with van der Waals surface area (Å²) in [7, 11) is 4.05. The van der Waals surface area contributed by atoms with E-state index in [0.29, 0.717) is 17.4 Å². The van der Waals surface area contributed by atoms with Gasteiger partial charge in [0.2, 0.25) is 0 Å². The number of hydrogen-bond donors (Lipinski definition) is 1. The summed E-state index contributed by atoms with van der Waals surface area (Å²) in [6, 6.07) is 7.62. The van der Waals surface area contributed by atoms with Gasteiger partial charge >= 0.3 is 0 Å². The highest BCUT2D eigenvalue weighted by atomic mass is 35.5. The third-order valence-electron chi connectivity index (χ3n) is 3.05. The second-order valence-electron chi connectivity index (χ2n) is 5.89. The largest absolute Gasteiger partial charge is 0.348 e. The van der Waals surface area contributed by atoms with Crippen LogP contribution in [0.3, 0.4) is 0 Å². The minimum Gasteiger partial charge on any atom is -0.348 e. The second kappa shape index (κ2) is 8.28. The number of benzene rings is 1. The quantitative estimate of drug-likeness (QED) is 0.784. The predicted octanol–water partition coefficient (Wildman–Crippen LogP) is 3.13. The van der Waals surface area contributed by atoms with Crippen molar-refractivity contribution in [3.63, 3.8) is 0 Å². The Morgan fingerprint density at radius 2 is 1.85 bits per heavy atom. The first-order valence-electron chi connectivity index (χ1n) is 7.03. The Kier molecular flexibility index (Phi) is 7.03. The second-order valence-corrected chi connectivity index (χ2v) is 6.16. The van der Waals surface area contributed by atoms with Crippen LogP contribution in [0, 0.1) is 5.92 Å². The van der Waals surface area contributed by atoms with Crippen molar-refractivity contribution >= 4 is 17.5 Å². The number of nitrogens with one attached hydrogen (secondary N) is 1.